The van der Waals surface area contributed by atoms with Crippen LogP contribution in [-0.2, 0) is 0 Å². The Morgan fingerprint density at radius 2 is 1.71 bits per heavy atom. The van der Waals surface area contributed by atoms with E-state index in [-0.39, 0.29) is 23.9 Å². The molecule has 2 N–H and O–H groups in total. The molecular formula is C25H33N3O3. The highest BCUT2D eigenvalue weighted by molar-refractivity contribution is 6.00. The lowest BCUT2D eigenvalue weighted by Crippen LogP contribution is -2.45. The maximum Gasteiger partial charge on any atom is 0.253 e. The summed E-state index contributed by atoms with van der Waals surface area (Å²) in [5, 5.41) is 6.24. The standard InChI is InChI=1S/C25H33N3O3/c1-17(2)18(3)26-25(30)22-10-5-6-11-23(22)28-14-12-20(13-15-28)27-24(29)19-8-7-9-21(16-19)31-4/h5-11,16-18,20H,12-15H2,1-4H3,(H,26,30)(H,27,29). The molecule has 6 heteroatoms. The summed E-state index contributed by atoms with van der Waals surface area (Å²) >= 11 is 0. The van der Waals surface area contributed by atoms with Crippen molar-refractivity contribution in [1.29, 1.82) is 0 Å². The lowest BCUT2D eigenvalue weighted by Gasteiger charge is -2.35. The number of nitrogens with zero attached hydrogens (tertiary/aromatic N) is 1. The van der Waals surface area contributed by atoms with E-state index in [1.807, 2.05) is 43.3 Å². The van der Waals surface area contributed by atoms with Crippen LogP contribution >= 0.6 is 0 Å². The topological polar surface area (TPSA) is 70.7 Å². The second-order valence-corrected chi connectivity index (χ2v) is 8.49. The van der Waals surface area contributed by atoms with Gasteiger partial charge in [-0.25, -0.2) is 0 Å². The molecule has 1 unspecified atom stereocenters. The minimum Gasteiger partial charge on any atom is -0.497 e. The lowest BCUT2D eigenvalue weighted by atomic mass is 10.0. The van der Waals surface area contributed by atoms with Gasteiger partial charge in [-0.3, -0.25) is 9.59 Å². The molecule has 31 heavy (non-hydrogen) atoms. The zero-order valence-corrected chi connectivity index (χ0v) is 18.9. The molecule has 6 nitrogen and oxygen atoms in total. The molecule has 1 fully saturated rings. The fourth-order valence-electron chi connectivity index (χ4n) is 3.69. The van der Waals surface area contributed by atoms with Crippen molar-refractivity contribution in [1.82, 2.24) is 10.6 Å². The summed E-state index contributed by atoms with van der Waals surface area (Å²) in [7, 11) is 1.59. The second-order valence-electron chi connectivity index (χ2n) is 8.49. The van der Waals surface area contributed by atoms with E-state index in [1.54, 1.807) is 19.2 Å². The number of amides is 2. The van der Waals surface area contributed by atoms with Gasteiger partial charge in [-0.05, 0) is 56.0 Å². The van der Waals surface area contributed by atoms with Crippen LogP contribution in [0.3, 0.4) is 0 Å². The van der Waals surface area contributed by atoms with E-state index in [4.69, 9.17) is 4.74 Å². The molecule has 1 aliphatic heterocycles. The average Bonchev–Trinajstić information content (AvgIpc) is 2.79. The number of anilines is 1. The molecule has 2 aromatic carbocycles. The summed E-state index contributed by atoms with van der Waals surface area (Å²) in [5.74, 6) is 0.925. The Bertz CT molecular complexity index is 904. The van der Waals surface area contributed by atoms with Crippen molar-refractivity contribution in [2.75, 3.05) is 25.1 Å². The minimum absolute atomic E-state index is 0.0368. The normalized spacial score (nSPS) is 15.5. The molecule has 0 saturated carbocycles. The first-order chi connectivity index (χ1) is 14.9. The van der Waals surface area contributed by atoms with Gasteiger partial charge in [-0.2, -0.15) is 0 Å². The SMILES string of the molecule is COc1cccc(C(=O)NC2CCN(c3ccccc3C(=O)NC(C)C(C)C)CC2)c1. The van der Waals surface area contributed by atoms with Crippen molar-refractivity contribution in [3.63, 3.8) is 0 Å². The van der Waals surface area contributed by atoms with Gasteiger partial charge in [0, 0.05) is 36.4 Å². The number of piperidine rings is 1. The molecule has 0 bridgehead atoms. The van der Waals surface area contributed by atoms with Gasteiger partial charge >= 0.3 is 0 Å². The number of nitrogens with one attached hydrogen (secondary N) is 2. The first kappa shape index (κ1) is 22.7. The Balaban J connectivity index is 1.61. The number of para-hydroxylation sites is 1. The third kappa shape index (κ3) is 5.78. The van der Waals surface area contributed by atoms with E-state index in [9.17, 15) is 9.59 Å². The zero-order valence-electron chi connectivity index (χ0n) is 18.9. The number of hydrogen-bond donors (Lipinski definition) is 2. The number of carbonyl (C=O) groups excluding carboxylic acids is 2. The molecule has 2 aromatic rings. The van der Waals surface area contributed by atoms with Gasteiger partial charge in [0.15, 0.2) is 0 Å². The van der Waals surface area contributed by atoms with Crippen LogP contribution in [0.5, 0.6) is 5.75 Å². The summed E-state index contributed by atoms with van der Waals surface area (Å²) in [6.07, 6.45) is 1.65. The molecule has 0 aromatic heterocycles. The van der Waals surface area contributed by atoms with E-state index in [0.29, 0.717) is 22.8 Å². The van der Waals surface area contributed by atoms with Gasteiger partial charge in [-0.1, -0.05) is 32.0 Å². The van der Waals surface area contributed by atoms with Crippen LogP contribution in [0.15, 0.2) is 48.5 Å². The number of rotatable bonds is 7. The fourth-order valence-corrected chi connectivity index (χ4v) is 3.69. The summed E-state index contributed by atoms with van der Waals surface area (Å²) in [6, 6.07) is 15.2. The number of methoxy groups -OCH3 is 1. The summed E-state index contributed by atoms with van der Waals surface area (Å²) in [5.41, 5.74) is 2.26. The predicted octanol–water partition coefficient (Wildman–Crippen LogP) is 3.87. The fraction of sp³-hybridized carbons (Fsp3) is 0.440. The number of carbonyl (C=O) groups is 2. The maximum absolute atomic E-state index is 12.8. The predicted molar refractivity (Wildman–Crippen MR) is 124 cm³/mol. The average molecular weight is 424 g/mol. The third-order valence-corrected chi connectivity index (χ3v) is 6.01. The van der Waals surface area contributed by atoms with E-state index in [2.05, 4.69) is 29.4 Å². The Morgan fingerprint density at radius 3 is 2.39 bits per heavy atom. The molecule has 0 aliphatic carbocycles. The summed E-state index contributed by atoms with van der Waals surface area (Å²) in [4.78, 5) is 27.7. The van der Waals surface area contributed by atoms with Crippen LogP contribution in [0, 0.1) is 5.92 Å². The van der Waals surface area contributed by atoms with E-state index >= 15 is 0 Å². The monoisotopic (exact) mass is 423 g/mol. The van der Waals surface area contributed by atoms with Crippen molar-refractivity contribution < 1.29 is 14.3 Å². The second kappa shape index (κ2) is 10.3. The molecule has 1 atom stereocenters. The molecule has 0 spiro atoms. The van der Waals surface area contributed by atoms with Gasteiger partial charge in [0.25, 0.3) is 11.8 Å². The molecule has 1 aliphatic rings. The Hall–Kier alpha value is -3.02. The summed E-state index contributed by atoms with van der Waals surface area (Å²) in [6.45, 7) is 7.80. The van der Waals surface area contributed by atoms with Gasteiger partial charge in [-0.15, -0.1) is 0 Å². The van der Waals surface area contributed by atoms with Crippen molar-refractivity contribution in [2.24, 2.45) is 5.92 Å². The Labute approximate surface area is 185 Å². The lowest BCUT2D eigenvalue weighted by molar-refractivity contribution is 0.0925. The van der Waals surface area contributed by atoms with E-state index < -0.39 is 0 Å². The van der Waals surface area contributed by atoms with Crippen molar-refractivity contribution >= 4 is 17.5 Å². The number of hydrogen-bond acceptors (Lipinski definition) is 4. The Morgan fingerprint density at radius 1 is 1.00 bits per heavy atom. The molecule has 0 radical (unpaired) electrons. The largest absolute Gasteiger partial charge is 0.497 e. The Kier molecular flexibility index (Phi) is 7.55. The highest BCUT2D eigenvalue weighted by Gasteiger charge is 2.24. The van der Waals surface area contributed by atoms with Gasteiger partial charge < -0.3 is 20.3 Å². The van der Waals surface area contributed by atoms with Crippen molar-refractivity contribution in [3.05, 3.63) is 59.7 Å². The van der Waals surface area contributed by atoms with E-state index in [1.165, 1.54) is 0 Å². The highest BCUT2D eigenvalue weighted by Crippen LogP contribution is 2.25. The first-order valence-corrected chi connectivity index (χ1v) is 11.0. The molecule has 2 amide bonds. The minimum atomic E-state index is -0.0835. The van der Waals surface area contributed by atoms with E-state index in [0.717, 1.165) is 31.6 Å². The first-order valence-electron chi connectivity index (χ1n) is 11.0. The van der Waals surface area contributed by atoms with Gasteiger partial charge in [0.05, 0.1) is 12.7 Å². The molecule has 3 rings (SSSR count). The summed E-state index contributed by atoms with van der Waals surface area (Å²) < 4.78 is 5.21. The molecule has 1 saturated heterocycles. The maximum atomic E-state index is 12.8. The van der Waals surface area contributed by atoms with Crippen molar-refractivity contribution in [3.8, 4) is 5.75 Å². The smallest absolute Gasteiger partial charge is 0.253 e. The van der Waals surface area contributed by atoms with Gasteiger partial charge in [0.1, 0.15) is 5.75 Å². The third-order valence-electron chi connectivity index (χ3n) is 6.01. The van der Waals surface area contributed by atoms with Crippen LogP contribution < -0.4 is 20.3 Å². The van der Waals surface area contributed by atoms with Crippen molar-refractivity contribution in [2.45, 2.75) is 45.7 Å². The molecule has 166 valence electrons. The highest BCUT2D eigenvalue weighted by atomic mass is 16.5. The van der Waals surface area contributed by atoms with Crippen LogP contribution in [0.1, 0.15) is 54.3 Å². The number of benzene rings is 2. The zero-order chi connectivity index (χ0) is 22.4. The van der Waals surface area contributed by atoms with Crippen LogP contribution in [0.4, 0.5) is 5.69 Å². The van der Waals surface area contributed by atoms with Crippen LogP contribution in [0.2, 0.25) is 0 Å². The van der Waals surface area contributed by atoms with Crippen LogP contribution in [-0.4, -0.2) is 44.1 Å². The van der Waals surface area contributed by atoms with Crippen LogP contribution in [0.25, 0.3) is 0 Å². The van der Waals surface area contributed by atoms with Gasteiger partial charge in [0.2, 0.25) is 0 Å². The quantitative estimate of drug-likeness (QED) is 0.709. The molecular weight excluding hydrogens is 390 g/mol. The number of ether oxygens (including phenoxy) is 1. The molecule has 1 heterocycles.